The van der Waals surface area contributed by atoms with E-state index in [9.17, 15) is 18.3 Å². The van der Waals surface area contributed by atoms with Crippen molar-refractivity contribution in [3.05, 3.63) is 48.5 Å². The molecule has 3 aliphatic heterocycles. The lowest BCUT2D eigenvalue weighted by molar-refractivity contribution is 0.0390. The maximum absolute atomic E-state index is 13.1. The standard InChI is InChI=1S/C15H15O2P.C8H17O3P.C6H13O3P.C5H13O3P.CH4/c1-11(2)18(16)15-10-6-4-8-13(15)12-7-3-5-9-14(12)17-18;1-7(2)12(9)10-5-8(3,4)6-11-12;1-6(2)10(7)8-4-3-5-9-10;1-5(2)9(6,7-3)8-4;/h3-11H,1-2H3;7H,5-6H2,1-4H3;6H,3-5H2,1-2H3;5H,1-4H3;1H4. The molecule has 2 saturated heterocycles. The van der Waals surface area contributed by atoms with Gasteiger partial charge in [-0.15, -0.1) is 0 Å². The highest BCUT2D eigenvalue weighted by Gasteiger charge is 2.39. The first kappa shape index (κ1) is 46.9. The first-order valence-electron chi connectivity index (χ1n) is 16.7. The number of fused-ring (bicyclic) bond motifs is 3. The number of hydrogen-bond donors (Lipinski definition) is 0. The molecule has 0 aromatic heterocycles. The fourth-order valence-corrected chi connectivity index (χ4v) is 10.8. The molecule has 50 heavy (non-hydrogen) atoms. The van der Waals surface area contributed by atoms with Crippen LogP contribution < -0.4 is 9.83 Å². The Morgan fingerprint density at radius 3 is 1.52 bits per heavy atom. The lowest BCUT2D eigenvalue weighted by atomic mass is 9.97. The van der Waals surface area contributed by atoms with Gasteiger partial charge in [-0.2, -0.15) is 0 Å². The maximum Gasteiger partial charge on any atom is 0.333 e. The van der Waals surface area contributed by atoms with Crippen molar-refractivity contribution in [3.63, 3.8) is 0 Å². The Hall–Kier alpha value is -1.08. The fraction of sp³-hybridized carbons (Fsp3) is 0.657. The summed E-state index contributed by atoms with van der Waals surface area (Å²) in [6, 6.07) is 15.6. The van der Waals surface area contributed by atoms with Gasteiger partial charge in [-0.05, 0) is 24.1 Å². The van der Waals surface area contributed by atoms with Crippen LogP contribution in [0.4, 0.5) is 0 Å². The molecule has 0 N–H and O–H groups in total. The summed E-state index contributed by atoms with van der Waals surface area (Å²) in [5, 5.41) is 0.846. The van der Waals surface area contributed by atoms with Gasteiger partial charge >= 0.3 is 22.8 Å². The van der Waals surface area contributed by atoms with Crippen LogP contribution in [0.25, 0.3) is 11.1 Å². The minimum atomic E-state index is -2.81. The Morgan fingerprint density at radius 2 is 1.12 bits per heavy atom. The van der Waals surface area contributed by atoms with Gasteiger partial charge in [0, 0.05) is 30.9 Å². The Labute approximate surface area is 301 Å². The average molecular weight is 783 g/mol. The van der Waals surface area contributed by atoms with Crippen LogP contribution in [0.3, 0.4) is 0 Å². The van der Waals surface area contributed by atoms with E-state index in [0.29, 0.717) is 26.4 Å². The van der Waals surface area contributed by atoms with E-state index in [0.717, 1.165) is 28.6 Å². The maximum atomic E-state index is 13.1. The van der Waals surface area contributed by atoms with Crippen LogP contribution in [0.15, 0.2) is 48.5 Å². The van der Waals surface area contributed by atoms with Crippen molar-refractivity contribution in [2.24, 2.45) is 5.41 Å². The van der Waals surface area contributed by atoms with Crippen LogP contribution >= 0.6 is 30.2 Å². The molecule has 0 amide bonds. The van der Waals surface area contributed by atoms with Crippen LogP contribution in [0.2, 0.25) is 0 Å². The van der Waals surface area contributed by atoms with E-state index in [1.807, 2.05) is 104 Å². The molecule has 288 valence electrons. The largest absolute Gasteiger partial charge is 0.439 e. The van der Waals surface area contributed by atoms with Gasteiger partial charge in [0.05, 0.1) is 48.7 Å². The third kappa shape index (κ3) is 12.2. The molecule has 3 aliphatic rings. The SMILES string of the molecule is C.CC(C)P1(=O)OCC(C)(C)CO1.CC(C)P1(=O)OCCCO1.CC(C)P1(=O)Oc2ccccc2-c2ccccc21.COP(=O)(OC)C(C)C. The second-order valence-electron chi connectivity index (χ2n) is 13.8. The van der Waals surface area contributed by atoms with Crippen LogP contribution in [0.1, 0.15) is 83.1 Å². The minimum Gasteiger partial charge on any atom is -0.439 e. The predicted octanol–water partition coefficient (Wildman–Crippen LogP) is 11.3. The summed E-state index contributed by atoms with van der Waals surface area (Å²) in [6.07, 6.45) is 0.858. The second kappa shape index (κ2) is 19.8. The molecule has 15 heteroatoms. The molecular weight excluding hydrogens is 720 g/mol. The number of rotatable bonds is 6. The zero-order chi connectivity index (χ0) is 37.3. The van der Waals surface area contributed by atoms with Gasteiger partial charge in [0.25, 0.3) is 7.37 Å². The molecule has 2 aromatic carbocycles. The summed E-state index contributed by atoms with van der Waals surface area (Å²) >= 11 is 0. The lowest BCUT2D eigenvalue weighted by Crippen LogP contribution is -2.31. The highest BCUT2D eigenvalue weighted by molar-refractivity contribution is 7.68. The highest BCUT2D eigenvalue weighted by Crippen LogP contribution is 2.58. The van der Waals surface area contributed by atoms with Crippen molar-refractivity contribution in [2.75, 3.05) is 40.6 Å². The smallest absolute Gasteiger partial charge is 0.333 e. The van der Waals surface area contributed by atoms with E-state index < -0.39 is 30.2 Å². The summed E-state index contributed by atoms with van der Waals surface area (Å²) < 4.78 is 83.5. The summed E-state index contributed by atoms with van der Waals surface area (Å²) in [5.41, 5.74) is 1.94. The average Bonchev–Trinajstić information content (AvgIpc) is 3.07. The number of benzene rings is 2. The summed E-state index contributed by atoms with van der Waals surface area (Å²) in [6.45, 7) is 21.2. The second-order valence-corrected chi connectivity index (χ2v) is 24.8. The van der Waals surface area contributed by atoms with Crippen molar-refractivity contribution in [1.82, 2.24) is 0 Å². The van der Waals surface area contributed by atoms with Crippen molar-refractivity contribution >= 4 is 35.5 Å². The van der Waals surface area contributed by atoms with Gasteiger partial charge < -0.3 is 31.7 Å². The van der Waals surface area contributed by atoms with Crippen LogP contribution in [0.5, 0.6) is 5.75 Å². The molecule has 0 bridgehead atoms. The molecule has 0 radical (unpaired) electrons. The van der Waals surface area contributed by atoms with E-state index >= 15 is 0 Å². The van der Waals surface area contributed by atoms with Gasteiger partial charge in [-0.1, -0.05) is 113 Å². The van der Waals surface area contributed by atoms with Crippen molar-refractivity contribution in [3.8, 4) is 16.9 Å². The monoisotopic (exact) mass is 782 g/mol. The van der Waals surface area contributed by atoms with Gasteiger partial charge in [0.1, 0.15) is 5.75 Å². The van der Waals surface area contributed by atoms with Crippen LogP contribution in [0, 0.1) is 5.41 Å². The van der Waals surface area contributed by atoms with E-state index in [2.05, 4.69) is 9.05 Å². The molecule has 2 fully saturated rings. The molecule has 11 nitrogen and oxygen atoms in total. The Balaban J connectivity index is 0.000000346. The molecule has 1 atom stereocenters. The molecule has 3 heterocycles. The Morgan fingerprint density at radius 1 is 0.680 bits per heavy atom. The third-order valence-electron chi connectivity index (χ3n) is 7.84. The fourth-order valence-electron chi connectivity index (χ4n) is 4.50. The van der Waals surface area contributed by atoms with Gasteiger partial charge in [0.15, 0.2) is 0 Å². The summed E-state index contributed by atoms with van der Waals surface area (Å²) in [4.78, 5) is 0. The number of hydrogen-bond acceptors (Lipinski definition) is 11. The molecule has 2 aromatic rings. The van der Waals surface area contributed by atoms with Crippen LogP contribution in [-0.2, 0) is 45.4 Å². The Bertz CT molecular complexity index is 1510. The topological polar surface area (TPSA) is 133 Å². The molecule has 1 unspecified atom stereocenters. The minimum absolute atomic E-state index is 0. The lowest BCUT2D eigenvalue weighted by Gasteiger charge is -2.35. The summed E-state index contributed by atoms with van der Waals surface area (Å²) in [7, 11) is -8.23. The zero-order valence-electron chi connectivity index (χ0n) is 31.2. The molecule has 0 aliphatic carbocycles. The molecule has 0 saturated carbocycles. The van der Waals surface area contributed by atoms with Crippen molar-refractivity contribution in [2.45, 2.75) is 106 Å². The molecular formula is C35H62O11P4. The van der Waals surface area contributed by atoms with Gasteiger partial charge in [0.2, 0.25) is 0 Å². The number of para-hydroxylation sites is 1. The highest BCUT2D eigenvalue weighted by atomic mass is 31.2. The predicted molar refractivity (Wildman–Crippen MR) is 206 cm³/mol. The molecule has 5 rings (SSSR count). The van der Waals surface area contributed by atoms with Gasteiger partial charge in [-0.25, -0.2) is 0 Å². The Kier molecular flexibility index (Phi) is 18.6. The normalized spacial score (nSPS) is 21.4. The van der Waals surface area contributed by atoms with E-state index in [-0.39, 0.29) is 35.5 Å². The van der Waals surface area contributed by atoms with Gasteiger partial charge in [-0.3, -0.25) is 18.3 Å². The first-order valence-corrected chi connectivity index (χ1v) is 23.2. The van der Waals surface area contributed by atoms with E-state index in [4.69, 9.17) is 22.6 Å². The van der Waals surface area contributed by atoms with Crippen LogP contribution in [-0.4, -0.2) is 63.3 Å². The summed E-state index contributed by atoms with van der Waals surface area (Å²) in [5.74, 6) is 0.730. The zero-order valence-corrected chi connectivity index (χ0v) is 34.8. The van der Waals surface area contributed by atoms with Crippen molar-refractivity contribution in [1.29, 1.82) is 0 Å². The third-order valence-corrected chi connectivity index (χ3v) is 17.6. The van der Waals surface area contributed by atoms with E-state index in [1.54, 1.807) is 13.8 Å². The molecule has 0 spiro atoms. The quantitative estimate of drug-likeness (QED) is 0.259. The first-order chi connectivity index (χ1) is 22.7. The van der Waals surface area contributed by atoms with Crippen molar-refractivity contribution < 1.29 is 49.9 Å². The van der Waals surface area contributed by atoms with E-state index in [1.165, 1.54) is 14.2 Å².